The topological polar surface area (TPSA) is 49.5 Å². The van der Waals surface area contributed by atoms with Crippen LogP contribution in [0.15, 0.2) is 18.2 Å². The Morgan fingerprint density at radius 1 is 1.35 bits per heavy atom. The first-order valence-electron chi connectivity index (χ1n) is 6.04. The molecule has 0 amide bonds. The molecule has 96 valence electrons. The van der Waals surface area contributed by atoms with Gasteiger partial charge in [0.15, 0.2) is 0 Å². The minimum absolute atomic E-state index is 0.171. The van der Waals surface area contributed by atoms with Gasteiger partial charge in [0, 0.05) is 23.8 Å². The first-order chi connectivity index (χ1) is 8.17. The number of aliphatic hydroxyl groups is 1. The summed E-state index contributed by atoms with van der Waals surface area (Å²) in [5.74, 6) is 0. The largest absolute Gasteiger partial charge is 0.398 e. The van der Waals surface area contributed by atoms with Crippen LogP contribution in [0.25, 0.3) is 0 Å². The van der Waals surface area contributed by atoms with Crippen LogP contribution in [0.1, 0.15) is 25.3 Å². The number of hydrogen-bond acceptors (Lipinski definition) is 3. The van der Waals surface area contributed by atoms with Gasteiger partial charge in [-0.15, -0.1) is 0 Å². The first kappa shape index (κ1) is 14.3. The van der Waals surface area contributed by atoms with Crippen LogP contribution >= 0.6 is 11.6 Å². The number of benzene rings is 1. The van der Waals surface area contributed by atoms with Gasteiger partial charge in [0.05, 0.1) is 6.61 Å². The van der Waals surface area contributed by atoms with Crippen molar-refractivity contribution in [1.29, 1.82) is 0 Å². The summed E-state index contributed by atoms with van der Waals surface area (Å²) in [7, 11) is 0. The fraction of sp³-hybridized carbons (Fsp3) is 0.538. The van der Waals surface area contributed by atoms with Crippen LogP contribution in [0.5, 0.6) is 0 Å². The van der Waals surface area contributed by atoms with Gasteiger partial charge in [0.25, 0.3) is 0 Å². The third kappa shape index (κ3) is 4.94. The van der Waals surface area contributed by atoms with Crippen LogP contribution in [0.2, 0.25) is 5.02 Å². The fourth-order valence-corrected chi connectivity index (χ4v) is 1.94. The number of unbranched alkanes of at least 4 members (excludes halogenated alkanes) is 1. The van der Waals surface area contributed by atoms with Crippen LogP contribution in [-0.4, -0.2) is 29.7 Å². The van der Waals surface area contributed by atoms with Crippen molar-refractivity contribution in [2.75, 3.05) is 25.4 Å². The second-order valence-electron chi connectivity index (χ2n) is 4.20. The van der Waals surface area contributed by atoms with Gasteiger partial charge in [0.2, 0.25) is 0 Å². The SMILES string of the molecule is CCCCN(CCO)Cc1cc(Cl)ccc1N. The molecule has 0 atom stereocenters. The molecule has 0 aromatic heterocycles. The Bertz CT molecular complexity index is 344. The van der Waals surface area contributed by atoms with E-state index >= 15 is 0 Å². The molecule has 3 nitrogen and oxygen atoms in total. The predicted molar refractivity (Wildman–Crippen MR) is 73.1 cm³/mol. The molecular formula is C13H21ClN2O. The quantitative estimate of drug-likeness (QED) is 0.737. The van der Waals surface area contributed by atoms with Crippen molar-refractivity contribution in [3.8, 4) is 0 Å². The van der Waals surface area contributed by atoms with E-state index in [1.807, 2.05) is 12.1 Å². The maximum Gasteiger partial charge on any atom is 0.0558 e. The van der Waals surface area contributed by atoms with E-state index in [1.165, 1.54) is 0 Å². The van der Waals surface area contributed by atoms with E-state index in [0.717, 1.165) is 37.2 Å². The Balaban J connectivity index is 2.67. The number of nitrogens with two attached hydrogens (primary N) is 1. The van der Waals surface area contributed by atoms with Crippen molar-refractivity contribution in [2.45, 2.75) is 26.3 Å². The molecule has 0 saturated heterocycles. The Labute approximate surface area is 108 Å². The summed E-state index contributed by atoms with van der Waals surface area (Å²) in [5, 5.41) is 9.74. The van der Waals surface area contributed by atoms with Gasteiger partial charge in [-0.25, -0.2) is 0 Å². The van der Waals surface area contributed by atoms with E-state index in [-0.39, 0.29) is 6.61 Å². The van der Waals surface area contributed by atoms with E-state index in [9.17, 15) is 0 Å². The van der Waals surface area contributed by atoms with Crippen molar-refractivity contribution < 1.29 is 5.11 Å². The number of aliphatic hydroxyl groups excluding tert-OH is 1. The minimum Gasteiger partial charge on any atom is -0.398 e. The molecule has 0 radical (unpaired) electrons. The summed E-state index contributed by atoms with van der Waals surface area (Å²) in [6, 6.07) is 5.52. The summed E-state index contributed by atoms with van der Waals surface area (Å²) in [5.41, 5.74) is 7.70. The first-order valence-corrected chi connectivity index (χ1v) is 6.42. The number of nitrogens with zero attached hydrogens (tertiary/aromatic N) is 1. The van der Waals surface area contributed by atoms with Crippen LogP contribution in [-0.2, 0) is 6.54 Å². The number of hydrogen-bond donors (Lipinski definition) is 2. The number of nitrogen functional groups attached to an aromatic ring is 1. The van der Waals surface area contributed by atoms with E-state index < -0.39 is 0 Å². The summed E-state index contributed by atoms with van der Waals surface area (Å²) < 4.78 is 0. The monoisotopic (exact) mass is 256 g/mol. The second kappa shape index (κ2) is 7.54. The van der Waals surface area contributed by atoms with Crippen molar-refractivity contribution in [3.63, 3.8) is 0 Å². The average molecular weight is 257 g/mol. The average Bonchev–Trinajstić information content (AvgIpc) is 2.31. The number of rotatable bonds is 7. The molecule has 0 spiro atoms. The molecule has 0 saturated carbocycles. The summed E-state index contributed by atoms with van der Waals surface area (Å²) >= 11 is 5.96. The highest BCUT2D eigenvalue weighted by atomic mass is 35.5. The lowest BCUT2D eigenvalue weighted by atomic mass is 10.1. The Morgan fingerprint density at radius 3 is 2.76 bits per heavy atom. The van der Waals surface area contributed by atoms with Crippen LogP contribution in [0.4, 0.5) is 5.69 Å². The highest BCUT2D eigenvalue weighted by Gasteiger charge is 2.07. The van der Waals surface area contributed by atoms with Gasteiger partial charge in [-0.05, 0) is 36.7 Å². The third-order valence-electron chi connectivity index (χ3n) is 2.74. The second-order valence-corrected chi connectivity index (χ2v) is 4.63. The normalized spacial score (nSPS) is 11.1. The van der Waals surface area contributed by atoms with Crippen molar-refractivity contribution in [1.82, 2.24) is 4.90 Å². The zero-order valence-electron chi connectivity index (χ0n) is 10.3. The lowest BCUT2D eigenvalue weighted by Crippen LogP contribution is -2.27. The highest BCUT2D eigenvalue weighted by molar-refractivity contribution is 6.30. The standard InChI is InChI=1S/C13H21ClN2O/c1-2-3-6-16(7-8-17)10-11-9-12(14)4-5-13(11)15/h4-5,9,17H,2-3,6-8,10,15H2,1H3. The minimum atomic E-state index is 0.171. The molecule has 0 fully saturated rings. The molecule has 0 aliphatic carbocycles. The zero-order chi connectivity index (χ0) is 12.7. The van der Waals surface area contributed by atoms with Crippen molar-refractivity contribution in [3.05, 3.63) is 28.8 Å². The smallest absolute Gasteiger partial charge is 0.0558 e. The summed E-state index contributed by atoms with van der Waals surface area (Å²) in [6.07, 6.45) is 2.27. The van der Waals surface area contributed by atoms with Crippen molar-refractivity contribution in [2.24, 2.45) is 0 Å². The molecule has 1 rings (SSSR count). The van der Waals surface area contributed by atoms with Crippen LogP contribution in [0, 0.1) is 0 Å². The van der Waals surface area contributed by atoms with Crippen LogP contribution in [0.3, 0.4) is 0 Å². The molecule has 1 aromatic carbocycles. The van der Waals surface area contributed by atoms with E-state index in [2.05, 4.69) is 11.8 Å². The summed E-state index contributed by atoms with van der Waals surface area (Å²) in [6.45, 7) is 4.72. The maximum atomic E-state index is 9.04. The van der Waals surface area contributed by atoms with E-state index in [1.54, 1.807) is 6.07 Å². The number of anilines is 1. The molecule has 4 heteroatoms. The van der Waals surface area contributed by atoms with Gasteiger partial charge < -0.3 is 10.8 Å². The Morgan fingerprint density at radius 2 is 2.12 bits per heavy atom. The molecular weight excluding hydrogens is 236 g/mol. The molecule has 0 bridgehead atoms. The van der Waals surface area contributed by atoms with Gasteiger partial charge in [-0.3, -0.25) is 4.90 Å². The summed E-state index contributed by atoms with van der Waals surface area (Å²) in [4.78, 5) is 2.20. The fourth-order valence-electron chi connectivity index (χ4n) is 1.75. The zero-order valence-corrected chi connectivity index (χ0v) is 11.1. The van der Waals surface area contributed by atoms with Gasteiger partial charge in [0.1, 0.15) is 0 Å². The lowest BCUT2D eigenvalue weighted by Gasteiger charge is -2.22. The number of halogens is 1. The molecule has 17 heavy (non-hydrogen) atoms. The molecule has 0 unspecified atom stereocenters. The van der Waals surface area contributed by atoms with Gasteiger partial charge in [-0.2, -0.15) is 0 Å². The van der Waals surface area contributed by atoms with Crippen molar-refractivity contribution >= 4 is 17.3 Å². The molecule has 3 N–H and O–H groups in total. The van der Waals surface area contributed by atoms with Gasteiger partial charge in [-0.1, -0.05) is 24.9 Å². The van der Waals surface area contributed by atoms with E-state index in [0.29, 0.717) is 11.6 Å². The Kier molecular flexibility index (Phi) is 6.34. The van der Waals surface area contributed by atoms with Crippen LogP contribution < -0.4 is 5.73 Å². The Hall–Kier alpha value is -0.770. The molecule has 1 aromatic rings. The molecule has 0 heterocycles. The highest BCUT2D eigenvalue weighted by Crippen LogP contribution is 2.19. The molecule has 0 aliphatic heterocycles. The van der Waals surface area contributed by atoms with E-state index in [4.69, 9.17) is 22.4 Å². The lowest BCUT2D eigenvalue weighted by molar-refractivity contribution is 0.188. The maximum absolute atomic E-state index is 9.04. The molecule has 0 aliphatic rings. The third-order valence-corrected chi connectivity index (χ3v) is 2.98. The van der Waals surface area contributed by atoms with Gasteiger partial charge >= 0.3 is 0 Å². The predicted octanol–water partition coefficient (Wildman–Crippen LogP) is 2.52.